The van der Waals surface area contributed by atoms with Crippen molar-refractivity contribution in [3.63, 3.8) is 0 Å². The Bertz CT molecular complexity index is 721. The number of aromatic nitrogens is 4. The first-order valence-corrected chi connectivity index (χ1v) is 7.33. The van der Waals surface area contributed by atoms with Gasteiger partial charge in [-0.15, -0.1) is 0 Å². The third kappa shape index (κ3) is 2.03. The van der Waals surface area contributed by atoms with Crippen LogP contribution in [0.5, 0.6) is 0 Å². The molecule has 9 heteroatoms. The molecule has 0 spiro atoms. The van der Waals surface area contributed by atoms with Crippen molar-refractivity contribution < 1.29 is 19.3 Å². The van der Waals surface area contributed by atoms with Gasteiger partial charge in [0.15, 0.2) is 22.8 Å². The average molecular weight is 327 g/mol. The fourth-order valence-electron chi connectivity index (χ4n) is 3.04. The van der Waals surface area contributed by atoms with Gasteiger partial charge >= 0.3 is 0 Å². The number of aliphatic hydroxyl groups is 1. The number of nitrogens with zero attached hydrogens (tertiary/aromatic N) is 4. The molecule has 1 N–H and O–H groups in total. The first kappa shape index (κ1) is 14.3. The van der Waals surface area contributed by atoms with Gasteiger partial charge in [0.25, 0.3) is 0 Å². The second-order valence-electron chi connectivity index (χ2n) is 5.80. The molecule has 8 nitrogen and oxygen atoms in total. The van der Waals surface area contributed by atoms with E-state index in [0.717, 1.165) is 0 Å². The molecule has 0 aromatic carbocycles. The fourth-order valence-corrected chi connectivity index (χ4v) is 3.22. The summed E-state index contributed by atoms with van der Waals surface area (Å²) in [5.41, 5.74) is 1.05. The number of hydrogen-bond donors (Lipinski definition) is 1. The maximum atomic E-state index is 9.52. The van der Waals surface area contributed by atoms with E-state index < -0.39 is 18.1 Å². The molecule has 2 aromatic heterocycles. The molecule has 0 aliphatic carbocycles. The van der Waals surface area contributed by atoms with E-state index in [9.17, 15) is 5.11 Å². The quantitative estimate of drug-likeness (QED) is 0.819. The zero-order valence-corrected chi connectivity index (χ0v) is 12.8. The van der Waals surface area contributed by atoms with Crippen LogP contribution in [0.15, 0.2) is 12.7 Å². The van der Waals surface area contributed by atoms with Gasteiger partial charge < -0.3 is 19.3 Å². The summed E-state index contributed by atoms with van der Waals surface area (Å²) in [5.74, 6) is -0.728. The molecular weight excluding hydrogens is 312 g/mol. The van der Waals surface area contributed by atoms with Crippen LogP contribution >= 0.6 is 11.6 Å². The largest absolute Gasteiger partial charge is 0.394 e. The lowest BCUT2D eigenvalue weighted by atomic mass is 10.1. The third-order valence-corrected chi connectivity index (χ3v) is 4.17. The Morgan fingerprint density at radius 3 is 2.82 bits per heavy atom. The Hall–Kier alpha value is -1.32. The predicted octanol–water partition coefficient (Wildman–Crippen LogP) is 0.889. The lowest BCUT2D eigenvalue weighted by Gasteiger charge is -2.24. The molecule has 0 unspecified atom stereocenters. The van der Waals surface area contributed by atoms with Gasteiger partial charge in [0.05, 0.1) is 12.9 Å². The molecule has 0 saturated carbocycles. The summed E-state index contributed by atoms with van der Waals surface area (Å²) in [6.45, 7) is 3.52. The van der Waals surface area contributed by atoms with Crippen LogP contribution in [0.4, 0.5) is 0 Å². The van der Waals surface area contributed by atoms with Crippen molar-refractivity contribution in [2.45, 2.75) is 44.2 Å². The second kappa shape index (κ2) is 4.84. The molecule has 4 heterocycles. The molecule has 2 saturated heterocycles. The number of rotatable bonds is 2. The van der Waals surface area contributed by atoms with Gasteiger partial charge in [-0.25, -0.2) is 15.0 Å². The van der Waals surface area contributed by atoms with Crippen LogP contribution in [-0.4, -0.2) is 55.3 Å². The highest BCUT2D eigenvalue weighted by atomic mass is 35.5. The zero-order chi connectivity index (χ0) is 15.5. The molecule has 2 aromatic rings. The van der Waals surface area contributed by atoms with Crippen LogP contribution < -0.4 is 0 Å². The lowest BCUT2D eigenvalue weighted by molar-refractivity contribution is -0.199. The molecule has 2 fully saturated rings. The molecular formula is C13H15ClN4O4. The maximum absolute atomic E-state index is 9.52. The van der Waals surface area contributed by atoms with Crippen LogP contribution in [0.1, 0.15) is 20.1 Å². The van der Waals surface area contributed by atoms with Gasteiger partial charge in [-0.1, -0.05) is 11.6 Å². The molecule has 2 aliphatic rings. The maximum Gasteiger partial charge on any atom is 0.167 e. The highest BCUT2D eigenvalue weighted by molar-refractivity contribution is 6.33. The van der Waals surface area contributed by atoms with Gasteiger partial charge in [0.2, 0.25) is 0 Å². The van der Waals surface area contributed by atoms with E-state index >= 15 is 0 Å². The first-order valence-electron chi connectivity index (χ1n) is 6.95. The smallest absolute Gasteiger partial charge is 0.167 e. The standard InChI is InChI=1S/C13H15ClN4O4/c1-13(2)21-8-6(3-19)20-12(9(8)22-13)18-5-17-7-10(14)15-4-16-11(7)18/h4-6,8-9,12,19H,3H2,1-2H3/t6-,8+,9+,12+/m1/s1. The summed E-state index contributed by atoms with van der Waals surface area (Å²) >= 11 is 6.03. The normalized spacial score (nSPS) is 33.5. The minimum Gasteiger partial charge on any atom is -0.394 e. The monoisotopic (exact) mass is 326 g/mol. The number of imidazole rings is 1. The topological polar surface area (TPSA) is 91.5 Å². The molecule has 2 aliphatic heterocycles. The summed E-state index contributed by atoms with van der Waals surface area (Å²) < 4.78 is 19.4. The average Bonchev–Trinajstić information content (AvgIpc) is 3.10. The summed E-state index contributed by atoms with van der Waals surface area (Å²) in [7, 11) is 0. The van der Waals surface area contributed by atoms with Crippen LogP contribution in [0.3, 0.4) is 0 Å². The van der Waals surface area contributed by atoms with E-state index in [4.69, 9.17) is 25.8 Å². The van der Waals surface area contributed by atoms with Crippen LogP contribution in [0.2, 0.25) is 5.15 Å². The lowest BCUT2D eigenvalue weighted by Crippen LogP contribution is -2.31. The summed E-state index contributed by atoms with van der Waals surface area (Å²) in [6, 6.07) is 0. The van der Waals surface area contributed by atoms with E-state index in [0.29, 0.717) is 11.2 Å². The SMILES string of the molecule is CC1(C)O[C@@H]2[C@H](O1)[C@@H](n1cnc3c(Cl)ncnc31)O[C@@H]2CO. The van der Waals surface area contributed by atoms with Gasteiger partial charge in [-0.05, 0) is 13.8 Å². The van der Waals surface area contributed by atoms with Crippen molar-refractivity contribution in [3.05, 3.63) is 17.8 Å². The van der Waals surface area contributed by atoms with Crippen molar-refractivity contribution in [2.24, 2.45) is 0 Å². The molecule has 0 radical (unpaired) electrons. The Balaban J connectivity index is 1.77. The summed E-state index contributed by atoms with van der Waals surface area (Å²) in [5, 5.41) is 9.80. The van der Waals surface area contributed by atoms with Crippen molar-refractivity contribution in [1.29, 1.82) is 0 Å². The molecule has 4 atom stereocenters. The first-order chi connectivity index (χ1) is 10.5. The minimum atomic E-state index is -0.728. The van der Waals surface area contributed by atoms with Gasteiger partial charge in [0, 0.05) is 0 Å². The number of aliphatic hydroxyl groups excluding tert-OH is 1. The Morgan fingerprint density at radius 1 is 1.27 bits per heavy atom. The number of halogens is 1. The highest BCUT2D eigenvalue weighted by Gasteiger charge is 2.55. The number of ether oxygens (including phenoxy) is 3. The van der Waals surface area contributed by atoms with Crippen LogP contribution in [0, 0.1) is 0 Å². The van der Waals surface area contributed by atoms with Crippen molar-refractivity contribution in [1.82, 2.24) is 19.5 Å². The zero-order valence-electron chi connectivity index (χ0n) is 12.0. The van der Waals surface area contributed by atoms with E-state index in [1.54, 1.807) is 10.9 Å². The Morgan fingerprint density at radius 2 is 2.05 bits per heavy atom. The molecule has 22 heavy (non-hydrogen) atoms. The van der Waals surface area contributed by atoms with Crippen LogP contribution in [0.25, 0.3) is 11.2 Å². The highest BCUT2D eigenvalue weighted by Crippen LogP contribution is 2.43. The van der Waals surface area contributed by atoms with Crippen LogP contribution in [-0.2, 0) is 14.2 Å². The summed E-state index contributed by atoms with van der Waals surface area (Å²) in [6.07, 6.45) is 1.28. The fraction of sp³-hybridized carbons (Fsp3) is 0.615. The Labute approximate surface area is 131 Å². The second-order valence-corrected chi connectivity index (χ2v) is 6.16. The Kier molecular flexibility index (Phi) is 3.14. The van der Waals surface area contributed by atoms with Gasteiger partial charge in [-0.2, -0.15) is 0 Å². The van der Waals surface area contributed by atoms with E-state index in [2.05, 4.69) is 15.0 Å². The van der Waals surface area contributed by atoms with Crippen molar-refractivity contribution in [3.8, 4) is 0 Å². The summed E-state index contributed by atoms with van der Waals surface area (Å²) in [4.78, 5) is 12.4. The van der Waals surface area contributed by atoms with Gasteiger partial charge in [-0.3, -0.25) is 4.57 Å². The van der Waals surface area contributed by atoms with Crippen molar-refractivity contribution in [2.75, 3.05) is 6.61 Å². The molecule has 4 rings (SSSR count). The predicted molar refractivity (Wildman–Crippen MR) is 75.2 cm³/mol. The van der Waals surface area contributed by atoms with E-state index in [1.165, 1.54) is 6.33 Å². The molecule has 0 amide bonds. The minimum absolute atomic E-state index is 0.153. The van der Waals surface area contributed by atoms with Gasteiger partial charge in [0.1, 0.15) is 30.2 Å². The van der Waals surface area contributed by atoms with Crippen molar-refractivity contribution >= 4 is 22.8 Å². The van der Waals surface area contributed by atoms with E-state index in [1.807, 2.05) is 13.8 Å². The number of fused-ring (bicyclic) bond motifs is 2. The number of hydrogen-bond acceptors (Lipinski definition) is 7. The van der Waals surface area contributed by atoms with E-state index in [-0.39, 0.29) is 24.0 Å². The molecule has 118 valence electrons. The molecule has 0 bridgehead atoms. The third-order valence-electron chi connectivity index (χ3n) is 3.89.